The molecule has 5 heavy (non-hydrogen) atoms. The second-order valence-electron chi connectivity index (χ2n) is 1.09. The van der Waals surface area contributed by atoms with E-state index in [1.165, 1.54) is 0 Å². The van der Waals surface area contributed by atoms with E-state index in [1.54, 1.807) is 13.8 Å². The van der Waals surface area contributed by atoms with E-state index in [4.69, 9.17) is 5.11 Å². The fourth-order valence-corrected chi connectivity index (χ4v) is 0. The Bertz CT molecular complexity index is 11.6. The summed E-state index contributed by atoms with van der Waals surface area (Å²) in [7, 11) is 0. The third-order valence-electron chi connectivity index (χ3n) is 0. The van der Waals surface area contributed by atoms with Crippen molar-refractivity contribution in [2.24, 2.45) is 0 Å². The standard InChI is InChI=1S/C3H8O.La/c1-3(2)4;/h3-4H,1-2H3;. The van der Waals surface area contributed by atoms with Crippen molar-refractivity contribution in [2.45, 2.75) is 20.0 Å². The first kappa shape index (κ1) is 9.47. The van der Waals surface area contributed by atoms with Gasteiger partial charge in [-0.25, -0.2) is 0 Å². The molecule has 0 aliphatic heterocycles. The first-order valence-electron chi connectivity index (χ1n) is 1.41. The molecule has 0 aliphatic carbocycles. The Balaban J connectivity index is 0. The summed E-state index contributed by atoms with van der Waals surface area (Å²) in [5.41, 5.74) is 0. The molecule has 29 valence electrons. The summed E-state index contributed by atoms with van der Waals surface area (Å²) in [6.45, 7) is 3.44. The molecule has 1 N–H and O–H groups in total. The van der Waals surface area contributed by atoms with Crippen LogP contribution < -0.4 is 0 Å². The molecule has 0 aliphatic rings. The molecule has 0 saturated carbocycles. The van der Waals surface area contributed by atoms with Crippen LogP contribution in [0.1, 0.15) is 13.8 Å². The number of hydrogen-bond donors (Lipinski definition) is 1. The van der Waals surface area contributed by atoms with E-state index in [1.807, 2.05) is 0 Å². The minimum absolute atomic E-state index is 0. The molecule has 0 atom stereocenters. The Morgan fingerprint density at radius 2 is 1.40 bits per heavy atom. The average Bonchev–Trinajstić information content (AvgIpc) is 0.811. The molecule has 0 amide bonds. The molecule has 0 spiro atoms. The van der Waals surface area contributed by atoms with Gasteiger partial charge in [0.25, 0.3) is 0 Å². The van der Waals surface area contributed by atoms with Crippen LogP contribution in [0.5, 0.6) is 0 Å². The Morgan fingerprint density at radius 1 is 1.40 bits per heavy atom. The second-order valence-corrected chi connectivity index (χ2v) is 1.09. The normalized spacial score (nSPS) is 7.20. The van der Waals surface area contributed by atoms with Crippen LogP contribution in [-0.2, 0) is 0 Å². The molecule has 0 rings (SSSR count). The zero-order chi connectivity index (χ0) is 3.58. The topological polar surface area (TPSA) is 20.2 Å². The maximum Gasteiger partial charge on any atom is 0.0483 e. The van der Waals surface area contributed by atoms with E-state index in [9.17, 15) is 0 Å². The summed E-state index contributed by atoms with van der Waals surface area (Å²) in [4.78, 5) is 0. The quantitative estimate of drug-likeness (QED) is 0.598. The summed E-state index contributed by atoms with van der Waals surface area (Å²) in [5, 5.41) is 8.06. The van der Waals surface area contributed by atoms with E-state index in [0.29, 0.717) is 0 Å². The predicted octanol–water partition coefficient (Wildman–Crippen LogP) is 0.387. The number of aliphatic hydroxyl groups excluding tert-OH is 1. The van der Waals surface area contributed by atoms with Gasteiger partial charge in [-0.05, 0) is 13.8 Å². The molecule has 2 heteroatoms. The Morgan fingerprint density at radius 3 is 1.40 bits per heavy atom. The van der Waals surface area contributed by atoms with Crippen molar-refractivity contribution >= 4 is 0 Å². The molecule has 0 aromatic carbocycles. The van der Waals surface area contributed by atoms with Crippen LogP contribution in [0.3, 0.4) is 0 Å². The zero-order valence-corrected chi connectivity index (χ0v) is 7.23. The fourth-order valence-electron chi connectivity index (χ4n) is 0. The smallest absolute Gasteiger partial charge is 0.0483 e. The van der Waals surface area contributed by atoms with Gasteiger partial charge in [0.2, 0.25) is 0 Å². The van der Waals surface area contributed by atoms with Crippen LogP contribution in [0, 0.1) is 35.6 Å². The SMILES string of the molecule is CC(C)O.[La]. The molecule has 0 heterocycles. The van der Waals surface area contributed by atoms with E-state index in [2.05, 4.69) is 0 Å². The van der Waals surface area contributed by atoms with Gasteiger partial charge >= 0.3 is 0 Å². The van der Waals surface area contributed by atoms with Crippen molar-refractivity contribution in [1.82, 2.24) is 0 Å². The van der Waals surface area contributed by atoms with Gasteiger partial charge in [0.1, 0.15) is 0 Å². The molecule has 0 saturated heterocycles. The van der Waals surface area contributed by atoms with E-state index in [-0.39, 0.29) is 41.7 Å². The van der Waals surface area contributed by atoms with E-state index in [0.717, 1.165) is 0 Å². The van der Waals surface area contributed by atoms with Crippen LogP contribution in [-0.4, -0.2) is 11.2 Å². The third-order valence-corrected chi connectivity index (χ3v) is 0. The largest absolute Gasteiger partial charge is 0.394 e. The Labute approximate surface area is 60.4 Å². The summed E-state index contributed by atoms with van der Waals surface area (Å²) in [6.07, 6.45) is -0.167. The van der Waals surface area contributed by atoms with Crippen molar-refractivity contribution in [3.8, 4) is 0 Å². The van der Waals surface area contributed by atoms with Gasteiger partial charge in [-0.2, -0.15) is 0 Å². The molecule has 0 unspecified atom stereocenters. The minimum atomic E-state index is -0.167. The first-order valence-corrected chi connectivity index (χ1v) is 1.41. The maximum absolute atomic E-state index is 8.06. The van der Waals surface area contributed by atoms with Crippen LogP contribution in [0.15, 0.2) is 0 Å². The van der Waals surface area contributed by atoms with Gasteiger partial charge in [0, 0.05) is 41.7 Å². The van der Waals surface area contributed by atoms with Crippen molar-refractivity contribution in [3.05, 3.63) is 0 Å². The maximum atomic E-state index is 8.06. The van der Waals surface area contributed by atoms with Crippen molar-refractivity contribution < 1.29 is 40.7 Å². The molecule has 0 aromatic rings. The number of aliphatic hydroxyl groups is 1. The van der Waals surface area contributed by atoms with E-state index < -0.39 is 0 Å². The Kier molecular flexibility index (Phi) is 9.77. The summed E-state index contributed by atoms with van der Waals surface area (Å²) in [6, 6.07) is 0. The summed E-state index contributed by atoms with van der Waals surface area (Å²) in [5.74, 6) is 0. The van der Waals surface area contributed by atoms with E-state index >= 15 is 0 Å². The minimum Gasteiger partial charge on any atom is -0.394 e. The van der Waals surface area contributed by atoms with Gasteiger partial charge in [-0.1, -0.05) is 0 Å². The monoisotopic (exact) mass is 199 g/mol. The summed E-state index contributed by atoms with van der Waals surface area (Å²) >= 11 is 0. The van der Waals surface area contributed by atoms with Crippen molar-refractivity contribution in [2.75, 3.05) is 0 Å². The van der Waals surface area contributed by atoms with Gasteiger partial charge in [0.15, 0.2) is 0 Å². The molecule has 0 aromatic heterocycles. The molecular weight excluding hydrogens is 191 g/mol. The van der Waals surface area contributed by atoms with Crippen LogP contribution in [0.4, 0.5) is 0 Å². The predicted molar refractivity (Wildman–Crippen MR) is 17.4 cm³/mol. The average molecular weight is 199 g/mol. The van der Waals surface area contributed by atoms with Crippen LogP contribution >= 0.6 is 0 Å². The fraction of sp³-hybridized carbons (Fsp3) is 1.00. The van der Waals surface area contributed by atoms with Crippen LogP contribution in [0.2, 0.25) is 0 Å². The number of rotatable bonds is 0. The Hall–Kier alpha value is 1.15. The van der Waals surface area contributed by atoms with Crippen LogP contribution in [0.25, 0.3) is 0 Å². The molecule has 0 bridgehead atoms. The number of hydrogen-bond acceptors (Lipinski definition) is 1. The second kappa shape index (κ2) is 5.15. The van der Waals surface area contributed by atoms with Crippen molar-refractivity contribution in [1.29, 1.82) is 0 Å². The molecular formula is C3H8LaO. The zero-order valence-electron chi connectivity index (χ0n) is 3.60. The van der Waals surface area contributed by atoms with Gasteiger partial charge in [0.05, 0.1) is 0 Å². The third kappa shape index (κ3) is 38.5. The molecule has 1 radical (unpaired) electrons. The van der Waals surface area contributed by atoms with Crippen molar-refractivity contribution in [3.63, 3.8) is 0 Å². The first-order chi connectivity index (χ1) is 1.73. The van der Waals surface area contributed by atoms with Gasteiger partial charge in [-0.15, -0.1) is 0 Å². The molecule has 1 nitrogen and oxygen atoms in total. The van der Waals surface area contributed by atoms with Gasteiger partial charge < -0.3 is 5.11 Å². The summed E-state index contributed by atoms with van der Waals surface area (Å²) < 4.78 is 0. The molecule has 0 fully saturated rings. The van der Waals surface area contributed by atoms with Gasteiger partial charge in [-0.3, -0.25) is 0 Å².